The molecule has 4 aliphatic rings. The van der Waals surface area contributed by atoms with Gasteiger partial charge in [-0.05, 0) is 51.1 Å². The Labute approximate surface area is 259 Å². The number of carbonyl (C=O) groups is 5. The molecule has 0 radical (unpaired) electrons. The van der Waals surface area contributed by atoms with Crippen molar-refractivity contribution in [3.8, 4) is 11.5 Å². The van der Waals surface area contributed by atoms with Crippen molar-refractivity contribution in [2.75, 3.05) is 20.7 Å². The van der Waals surface area contributed by atoms with Crippen molar-refractivity contribution in [1.29, 1.82) is 0 Å². The second-order valence-electron chi connectivity index (χ2n) is 11.3. The van der Waals surface area contributed by atoms with Crippen LogP contribution in [0.25, 0.3) is 0 Å². The first kappa shape index (κ1) is 34.5. The third kappa shape index (κ3) is 5.95. The largest absolute Gasteiger partial charge is 0.493 e. The van der Waals surface area contributed by atoms with E-state index in [0.29, 0.717) is 30.9 Å². The van der Waals surface area contributed by atoms with Crippen LogP contribution in [0.2, 0.25) is 0 Å². The van der Waals surface area contributed by atoms with E-state index in [1.54, 1.807) is 6.08 Å². The van der Waals surface area contributed by atoms with E-state index in [1.165, 1.54) is 14.0 Å². The van der Waals surface area contributed by atoms with E-state index in [1.807, 2.05) is 19.2 Å². The van der Waals surface area contributed by atoms with Gasteiger partial charge in [-0.15, -0.1) is 0 Å². The van der Waals surface area contributed by atoms with E-state index in [4.69, 9.17) is 38.7 Å². The fraction of sp³-hybridized carbons (Fsp3) is 0.552. The van der Waals surface area contributed by atoms with Crippen molar-refractivity contribution in [3.05, 3.63) is 35.1 Å². The number of aliphatic carboxylic acids is 2. The minimum absolute atomic E-state index is 0.176. The van der Waals surface area contributed by atoms with Gasteiger partial charge in [-0.3, -0.25) is 9.59 Å². The van der Waals surface area contributed by atoms with Crippen molar-refractivity contribution >= 4 is 29.8 Å². The molecule has 2 heterocycles. The van der Waals surface area contributed by atoms with Gasteiger partial charge in [0.2, 0.25) is 6.10 Å². The van der Waals surface area contributed by atoms with E-state index in [2.05, 4.69) is 4.90 Å². The van der Waals surface area contributed by atoms with Gasteiger partial charge in [0, 0.05) is 24.9 Å². The van der Waals surface area contributed by atoms with Gasteiger partial charge in [-0.25, -0.2) is 14.4 Å². The number of likely N-dealkylation sites (N-methyl/N-ethyl adjacent to an activating group) is 1. The van der Waals surface area contributed by atoms with E-state index in [9.17, 15) is 37.5 Å². The number of likely N-dealkylation sites (tertiary alicyclic amines) is 1. The SMILES string of the molecule is COc1ccc2c3c1O[C@H]1C(OC(=O)[C@H](C)OC(=O)[C@H](CC(=O)O)OC(C)=O)=CC[C@@]4(O)[C@@H](C2)N(C)CC[C@]314.O=C(O)C(F)(F)F. The Hall–Kier alpha value is -4.38. The van der Waals surface area contributed by atoms with E-state index in [0.717, 1.165) is 18.1 Å². The molecule has 1 aromatic rings. The molecule has 2 aliphatic heterocycles. The third-order valence-corrected chi connectivity index (χ3v) is 8.57. The van der Waals surface area contributed by atoms with Crippen LogP contribution in [0.1, 0.15) is 44.2 Å². The number of carbonyl (C=O) groups excluding carboxylic acids is 3. The molecule has 5 rings (SSSR count). The number of carboxylic acid groups (broad SMARTS) is 2. The van der Waals surface area contributed by atoms with Crippen LogP contribution in [0.15, 0.2) is 24.0 Å². The molecule has 1 spiro atoms. The monoisotopic (exact) mass is 659 g/mol. The number of piperidine rings is 1. The molecule has 2 bridgehead atoms. The Bertz CT molecular complexity index is 1460. The highest BCUT2D eigenvalue weighted by Crippen LogP contribution is 2.65. The quantitative estimate of drug-likeness (QED) is 0.268. The number of methoxy groups -OCH3 is 1. The van der Waals surface area contributed by atoms with Crippen molar-refractivity contribution in [1.82, 2.24) is 4.90 Å². The molecular weight excluding hydrogens is 627 g/mol. The highest BCUT2D eigenvalue weighted by Gasteiger charge is 2.72. The summed E-state index contributed by atoms with van der Waals surface area (Å²) in [4.78, 5) is 58.9. The van der Waals surface area contributed by atoms with Gasteiger partial charge >= 0.3 is 36.0 Å². The predicted molar refractivity (Wildman–Crippen MR) is 145 cm³/mol. The Morgan fingerprint density at radius 1 is 1.13 bits per heavy atom. The number of hydrogen-bond donors (Lipinski definition) is 3. The van der Waals surface area contributed by atoms with Crippen molar-refractivity contribution in [2.45, 2.75) is 81.1 Å². The van der Waals surface area contributed by atoms with Gasteiger partial charge in [-0.2, -0.15) is 13.2 Å². The molecule has 1 fully saturated rings. The zero-order valence-corrected chi connectivity index (χ0v) is 25.1. The van der Waals surface area contributed by atoms with Crippen LogP contribution in [0.5, 0.6) is 11.5 Å². The van der Waals surface area contributed by atoms with E-state index in [-0.39, 0.29) is 18.2 Å². The zero-order valence-electron chi connectivity index (χ0n) is 25.1. The number of aliphatic hydroxyl groups is 1. The number of esters is 3. The lowest BCUT2D eigenvalue weighted by Gasteiger charge is -2.61. The first-order valence-electron chi connectivity index (χ1n) is 14.0. The minimum atomic E-state index is -5.08. The lowest BCUT2D eigenvalue weighted by Crippen LogP contribution is -2.74. The third-order valence-electron chi connectivity index (χ3n) is 8.57. The van der Waals surface area contributed by atoms with Crippen LogP contribution in [0.4, 0.5) is 13.2 Å². The zero-order chi connectivity index (χ0) is 34.4. The topological polar surface area (TPSA) is 195 Å². The first-order chi connectivity index (χ1) is 21.4. The summed E-state index contributed by atoms with van der Waals surface area (Å²) in [6.07, 6.45) is -6.87. The standard InChI is InChI=1S/C27H31NO11.C2HF3O2/c1-13(36-25(33)18(12-20(30)31)37-14(2)29)24(32)38-17-7-8-27(34)19-11-15-5-6-16(35-4)22-21(15)26(27,23(17)39-22)9-10-28(19)3;3-2(4,5)1(6)7/h5-7,13,18-19,23,34H,8-12H2,1-4H3,(H,30,31);(H,6,7)/t13-,18-,19+,23-,26-,27+;/m0./s1. The minimum Gasteiger partial charge on any atom is -0.493 e. The Balaban J connectivity index is 0.000000617. The normalized spacial score (nSPS) is 26.8. The second kappa shape index (κ2) is 12.4. The molecule has 1 saturated heterocycles. The Morgan fingerprint density at radius 3 is 2.35 bits per heavy atom. The number of benzene rings is 1. The maximum atomic E-state index is 13.0. The number of rotatable bonds is 8. The van der Waals surface area contributed by atoms with Gasteiger partial charge < -0.3 is 43.9 Å². The fourth-order valence-electron chi connectivity index (χ4n) is 6.62. The summed E-state index contributed by atoms with van der Waals surface area (Å²) in [5, 5.41) is 28.4. The fourth-order valence-corrected chi connectivity index (χ4v) is 6.62. The van der Waals surface area contributed by atoms with Crippen LogP contribution in [-0.2, 0) is 50.0 Å². The van der Waals surface area contributed by atoms with Crippen LogP contribution in [0.3, 0.4) is 0 Å². The van der Waals surface area contributed by atoms with Gasteiger partial charge in [0.15, 0.2) is 23.7 Å². The molecule has 0 amide bonds. The average molecular weight is 660 g/mol. The molecular formula is C29H32F3NO13. The maximum absolute atomic E-state index is 13.0. The highest BCUT2D eigenvalue weighted by atomic mass is 19.4. The number of carboxylic acids is 2. The van der Waals surface area contributed by atoms with E-state index >= 15 is 0 Å². The summed E-state index contributed by atoms with van der Waals surface area (Å²) in [7, 11) is 3.52. The molecule has 46 heavy (non-hydrogen) atoms. The highest BCUT2D eigenvalue weighted by molar-refractivity contribution is 5.86. The predicted octanol–water partition coefficient (Wildman–Crippen LogP) is 1.49. The summed E-state index contributed by atoms with van der Waals surface area (Å²) in [6, 6.07) is 3.64. The number of ether oxygens (including phenoxy) is 5. The van der Waals surface area contributed by atoms with Crippen LogP contribution < -0.4 is 9.47 Å². The lowest BCUT2D eigenvalue weighted by molar-refractivity contribution is -0.192. The number of halogens is 3. The van der Waals surface area contributed by atoms with Crippen molar-refractivity contribution in [3.63, 3.8) is 0 Å². The van der Waals surface area contributed by atoms with Crippen LogP contribution in [0, 0.1) is 0 Å². The number of nitrogens with zero attached hydrogens (tertiary/aromatic N) is 1. The second-order valence-corrected chi connectivity index (χ2v) is 11.3. The molecule has 0 saturated carbocycles. The lowest BCUT2D eigenvalue weighted by atomic mass is 9.50. The molecule has 14 nitrogen and oxygen atoms in total. The van der Waals surface area contributed by atoms with Gasteiger partial charge in [0.1, 0.15) is 5.76 Å². The summed E-state index contributed by atoms with van der Waals surface area (Å²) in [6.45, 7) is 2.98. The molecule has 6 atom stereocenters. The van der Waals surface area contributed by atoms with Crippen molar-refractivity contribution in [2.24, 2.45) is 0 Å². The molecule has 17 heteroatoms. The molecule has 0 aromatic heterocycles. The summed E-state index contributed by atoms with van der Waals surface area (Å²) < 4.78 is 59.3. The molecule has 0 unspecified atom stereocenters. The Kier molecular flexibility index (Phi) is 9.32. The van der Waals surface area contributed by atoms with Gasteiger partial charge in [-0.1, -0.05) is 6.07 Å². The van der Waals surface area contributed by atoms with E-state index < -0.39 is 71.8 Å². The molecule has 1 aromatic carbocycles. The summed E-state index contributed by atoms with van der Waals surface area (Å²) >= 11 is 0. The molecule has 3 N–H and O–H groups in total. The van der Waals surface area contributed by atoms with Crippen LogP contribution in [-0.4, -0.2) is 107 Å². The molecule has 252 valence electrons. The number of alkyl halides is 3. The van der Waals surface area contributed by atoms with Gasteiger partial charge in [0.25, 0.3) is 0 Å². The Morgan fingerprint density at radius 2 is 1.78 bits per heavy atom. The summed E-state index contributed by atoms with van der Waals surface area (Å²) in [5.74, 6) is -5.92. The number of hydrogen-bond acceptors (Lipinski definition) is 12. The first-order valence-corrected chi connectivity index (χ1v) is 14.0. The van der Waals surface area contributed by atoms with Gasteiger partial charge in [0.05, 0.1) is 24.5 Å². The average Bonchev–Trinajstić information content (AvgIpc) is 3.31. The van der Waals surface area contributed by atoms with Crippen LogP contribution >= 0.6 is 0 Å². The van der Waals surface area contributed by atoms with Crippen molar-refractivity contribution < 1.29 is 76.1 Å². The smallest absolute Gasteiger partial charge is 0.490 e. The summed E-state index contributed by atoms with van der Waals surface area (Å²) in [5.41, 5.74) is -0.150. The maximum Gasteiger partial charge on any atom is 0.490 e. The molecule has 2 aliphatic carbocycles.